The van der Waals surface area contributed by atoms with Gasteiger partial charge in [-0.1, -0.05) is 42.5 Å². The molecular formula is C24H27N3O3. The first-order valence-electron chi connectivity index (χ1n) is 10.2. The number of nitrogens with one attached hydrogen (secondary N) is 2. The fourth-order valence-electron chi connectivity index (χ4n) is 3.45. The average Bonchev–Trinajstić information content (AvgIpc) is 2.77. The van der Waals surface area contributed by atoms with E-state index in [1.165, 1.54) is 6.92 Å². The minimum atomic E-state index is -0.120. The predicted octanol–water partition coefficient (Wildman–Crippen LogP) is 3.21. The topological polar surface area (TPSA) is 78.5 Å². The first kappa shape index (κ1) is 21.3. The van der Waals surface area contributed by atoms with E-state index < -0.39 is 0 Å². The summed E-state index contributed by atoms with van der Waals surface area (Å²) in [7, 11) is 0. The van der Waals surface area contributed by atoms with Crippen molar-refractivity contribution in [1.29, 1.82) is 0 Å². The van der Waals surface area contributed by atoms with Crippen LogP contribution in [-0.4, -0.2) is 35.7 Å². The highest BCUT2D eigenvalue weighted by Gasteiger charge is 2.26. The Bertz CT molecular complexity index is 899. The molecule has 1 saturated heterocycles. The molecule has 0 radical (unpaired) electrons. The molecule has 1 heterocycles. The minimum absolute atomic E-state index is 0.0518. The fourth-order valence-corrected chi connectivity index (χ4v) is 3.45. The Labute approximate surface area is 177 Å². The average molecular weight is 405 g/mol. The number of hydrogen-bond acceptors (Lipinski definition) is 3. The van der Waals surface area contributed by atoms with E-state index in [0.717, 1.165) is 16.8 Å². The largest absolute Gasteiger partial charge is 0.352 e. The van der Waals surface area contributed by atoms with E-state index >= 15 is 0 Å². The van der Waals surface area contributed by atoms with Gasteiger partial charge in [0.05, 0.1) is 0 Å². The monoisotopic (exact) mass is 405 g/mol. The fraction of sp³-hybridized carbons (Fsp3) is 0.292. The first-order chi connectivity index (χ1) is 14.5. The summed E-state index contributed by atoms with van der Waals surface area (Å²) in [5, 5.41) is 5.70. The summed E-state index contributed by atoms with van der Waals surface area (Å²) in [6.07, 6.45) is 4.67. The van der Waals surface area contributed by atoms with E-state index in [2.05, 4.69) is 10.6 Å². The number of carbonyl (C=O) groups is 3. The molecule has 30 heavy (non-hydrogen) atoms. The quantitative estimate of drug-likeness (QED) is 0.725. The summed E-state index contributed by atoms with van der Waals surface area (Å²) in [6.45, 7) is 3.15. The molecule has 6 heteroatoms. The molecule has 3 amide bonds. The SMILES string of the molecule is CC(=O)Nc1ccc(C=CC(=O)N2CCC(C(=O)NCc3ccccc3)CC2)cc1. The van der Waals surface area contributed by atoms with Gasteiger partial charge in [-0.05, 0) is 42.2 Å². The van der Waals surface area contributed by atoms with E-state index in [9.17, 15) is 14.4 Å². The highest BCUT2D eigenvalue weighted by molar-refractivity contribution is 5.92. The third-order valence-corrected chi connectivity index (χ3v) is 5.14. The molecule has 0 atom stereocenters. The molecule has 0 aromatic heterocycles. The van der Waals surface area contributed by atoms with Crippen molar-refractivity contribution in [3.63, 3.8) is 0 Å². The van der Waals surface area contributed by atoms with Gasteiger partial charge in [-0.25, -0.2) is 0 Å². The van der Waals surface area contributed by atoms with Gasteiger partial charge in [-0.2, -0.15) is 0 Å². The molecule has 1 aliphatic heterocycles. The normalized spacial score (nSPS) is 14.5. The molecule has 0 aliphatic carbocycles. The molecule has 3 rings (SSSR count). The Balaban J connectivity index is 1.43. The third-order valence-electron chi connectivity index (χ3n) is 5.14. The van der Waals surface area contributed by atoms with E-state index in [0.29, 0.717) is 32.5 Å². The highest BCUT2D eigenvalue weighted by Crippen LogP contribution is 2.18. The summed E-state index contributed by atoms with van der Waals surface area (Å²) < 4.78 is 0. The number of amides is 3. The molecule has 6 nitrogen and oxygen atoms in total. The molecular weight excluding hydrogens is 378 g/mol. The lowest BCUT2D eigenvalue weighted by Gasteiger charge is -2.30. The van der Waals surface area contributed by atoms with Gasteiger partial charge in [-0.15, -0.1) is 0 Å². The van der Waals surface area contributed by atoms with Crippen molar-refractivity contribution in [3.8, 4) is 0 Å². The van der Waals surface area contributed by atoms with Gasteiger partial charge in [0.25, 0.3) is 0 Å². The van der Waals surface area contributed by atoms with Crippen LogP contribution in [0.25, 0.3) is 6.08 Å². The molecule has 0 bridgehead atoms. The maximum absolute atomic E-state index is 12.5. The zero-order valence-electron chi connectivity index (χ0n) is 17.1. The van der Waals surface area contributed by atoms with Crippen LogP contribution in [-0.2, 0) is 20.9 Å². The van der Waals surface area contributed by atoms with Crippen molar-refractivity contribution in [1.82, 2.24) is 10.2 Å². The molecule has 156 valence electrons. The van der Waals surface area contributed by atoms with Crippen molar-refractivity contribution in [2.75, 3.05) is 18.4 Å². The van der Waals surface area contributed by atoms with Gasteiger partial charge in [0.2, 0.25) is 17.7 Å². The third kappa shape index (κ3) is 6.30. The standard InChI is InChI=1S/C24H27N3O3/c1-18(28)26-22-10-7-19(8-11-22)9-12-23(29)27-15-13-21(14-16-27)24(30)25-17-20-5-3-2-4-6-20/h2-12,21H,13-17H2,1H3,(H,25,30)(H,26,28). The van der Waals surface area contributed by atoms with Crippen LogP contribution in [0.5, 0.6) is 0 Å². The maximum atomic E-state index is 12.5. The van der Waals surface area contributed by atoms with Crippen LogP contribution in [0, 0.1) is 5.92 Å². The van der Waals surface area contributed by atoms with Crippen LogP contribution in [0.1, 0.15) is 30.9 Å². The Morgan fingerprint density at radius 1 is 1.00 bits per heavy atom. The lowest BCUT2D eigenvalue weighted by molar-refractivity contribution is -0.132. The Morgan fingerprint density at radius 3 is 2.30 bits per heavy atom. The summed E-state index contributed by atoms with van der Waals surface area (Å²) in [5.41, 5.74) is 2.68. The van der Waals surface area contributed by atoms with Gasteiger partial charge < -0.3 is 15.5 Å². The molecule has 2 aromatic carbocycles. The van der Waals surface area contributed by atoms with Gasteiger partial charge in [0.15, 0.2) is 0 Å². The van der Waals surface area contributed by atoms with Crippen LogP contribution in [0.3, 0.4) is 0 Å². The molecule has 0 unspecified atom stereocenters. The predicted molar refractivity (Wildman–Crippen MR) is 117 cm³/mol. The van der Waals surface area contributed by atoms with Gasteiger partial charge in [0.1, 0.15) is 0 Å². The first-order valence-corrected chi connectivity index (χ1v) is 10.2. The number of carbonyl (C=O) groups excluding carboxylic acids is 3. The molecule has 0 spiro atoms. The highest BCUT2D eigenvalue weighted by atomic mass is 16.2. The number of hydrogen-bond donors (Lipinski definition) is 2. The molecule has 2 N–H and O–H groups in total. The van der Waals surface area contributed by atoms with E-state index in [4.69, 9.17) is 0 Å². The lowest BCUT2D eigenvalue weighted by atomic mass is 9.95. The second kappa shape index (κ2) is 10.4. The van der Waals surface area contributed by atoms with E-state index in [1.54, 1.807) is 29.2 Å². The van der Waals surface area contributed by atoms with Crippen molar-refractivity contribution in [2.24, 2.45) is 5.92 Å². The summed E-state index contributed by atoms with van der Waals surface area (Å²) in [4.78, 5) is 37.7. The van der Waals surface area contributed by atoms with Crippen LogP contribution < -0.4 is 10.6 Å². The van der Waals surface area contributed by atoms with E-state index in [-0.39, 0.29) is 23.6 Å². The smallest absolute Gasteiger partial charge is 0.246 e. The van der Waals surface area contributed by atoms with Crippen molar-refractivity contribution >= 4 is 29.5 Å². The number of anilines is 1. The number of likely N-dealkylation sites (tertiary alicyclic amines) is 1. The summed E-state index contributed by atoms with van der Waals surface area (Å²) in [6, 6.07) is 17.1. The van der Waals surface area contributed by atoms with Crippen LogP contribution in [0.2, 0.25) is 0 Å². The number of nitrogens with zero attached hydrogens (tertiary/aromatic N) is 1. The summed E-state index contributed by atoms with van der Waals surface area (Å²) in [5.74, 6) is -0.168. The zero-order valence-corrected chi connectivity index (χ0v) is 17.1. The number of piperidine rings is 1. The molecule has 0 saturated carbocycles. The second-order valence-corrected chi connectivity index (χ2v) is 7.44. The van der Waals surface area contributed by atoms with Gasteiger partial charge in [-0.3, -0.25) is 14.4 Å². The Kier molecular flexibility index (Phi) is 7.38. The van der Waals surface area contributed by atoms with Crippen molar-refractivity contribution in [3.05, 3.63) is 71.8 Å². The van der Waals surface area contributed by atoms with Gasteiger partial charge >= 0.3 is 0 Å². The van der Waals surface area contributed by atoms with Gasteiger partial charge in [0, 0.05) is 44.2 Å². The molecule has 1 aliphatic rings. The van der Waals surface area contributed by atoms with Crippen molar-refractivity contribution in [2.45, 2.75) is 26.3 Å². The maximum Gasteiger partial charge on any atom is 0.246 e. The second-order valence-electron chi connectivity index (χ2n) is 7.44. The Morgan fingerprint density at radius 2 is 1.67 bits per heavy atom. The van der Waals surface area contributed by atoms with Crippen LogP contribution >= 0.6 is 0 Å². The van der Waals surface area contributed by atoms with E-state index in [1.807, 2.05) is 42.5 Å². The van der Waals surface area contributed by atoms with Crippen molar-refractivity contribution < 1.29 is 14.4 Å². The number of benzene rings is 2. The zero-order chi connectivity index (χ0) is 21.3. The van der Waals surface area contributed by atoms with Crippen LogP contribution in [0.15, 0.2) is 60.7 Å². The number of rotatable bonds is 6. The molecule has 1 fully saturated rings. The minimum Gasteiger partial charge on any atom is -0.352 e. The van der Waals surface area contributed by atoms with Crippen LogP contribution in [0.4, 0.5) is 5.69 Å². The molecule has 2 aromatic rings. The lowest BCUT2D eigenvalue weighted by Crippen LogP contribution is -2.42. The summed E-state index contributed by atoms with van der Waals surface area (Å²) >= 11 is 0. The Hall–Kier alpha value is -3.41.